The first-order valence-electron chi connectivity index (χ1n) is 10.8. The third-order valence-electron chi connectivity index (χ3n) is 10.4. The van der Waals surface area contributed by atoms with Gasteiger partial charge in [-0.3, -0.25) is 4.79 Å². The Bertz CT molecular complexity index is 619. The lowest BCUT2D eigenvalue weighted by atomic mass is 9.44. The molecule has 0 amide bonds. The highest BCUT2D eigenvalue weighted by Crippen LogP contribution is 2.80. The summed E-state index contributed by atoms with van der Waals surface area (Å²) in [4.78, 5) is 17.4. The third-order valence-corrected chi connectivity index (χ3v) is 10.4. The van der Waals surface area contributed by atoms with Gasteiger partial charge >= 0.3 is 0 Å². The summed E-state index contributed by atoms with van der Waals surface area (Å²) in [5.41, 5.74) is 1.08. The SMILES string of the molecule is CC(=O)[C@H]1CCC2C3C[C@@H]4C[C@@]45C[C@@H](OOO)CC[C@]5(C)C3CC[C@@]21C. The second-order valence-corrected chi connectivity index (χ2v) is 10.9. The van der Waals surface area contributed by atoms with E-state index in [0.717, 1.165) is 42.9 Å². The number of rotatable bonds is 3. The highest BCUT2D eigenvalue weighted by molar-refractivity contribution is 5.79. The number of fused-ring (bicyclic) bond motifs is 4. The van der Waals surface area contributed by atoms with E-state index in [4.69, 9.17) is 10.1 Å². The van der Waals surface area contributed by atoms with Crippen molar-refractivity contribution >= 4 is 5.78 Å². The van der Waals surface area contributed by atoms with Gasteiger partial charge in [0, 0.05) is 5.92 Å². The molecule has 0 aromatic heterocycles. The van der Waals surface area contributed by atoms with Gasteiger partial charge in [-0.15, -0.1) is 0 Å². The van der Waals surface area contributed by atoms with Crippen LogP contribution in [0.3, 0.4) is 0 Å². The van der Waals surface area contributed by atoms with Gasteiger partial charge in [-0.2, -0.15) is 0 Å². The fraction of sp³-hybridized carbons (Fsp3) is 0.955. The summed E-state index contributed by atoms with van der Waals surface area (Å²) in [6, 6.07) is 0. The molecule has 4 nitrogen and oxygen atoms in total. The van der Waals surface area contributed by atoms with Gasteiger partial charge in [0.25, 0.3) is 0 Å². The summed E-state index contributed by atoms with van der Waals surface area (Å²) in [5, 5.41) is 12.8. The van der Waals surface area contributed by atoms with Gasteiger partial charge in [0.15, 0.2) is 0 Å². The minimum atomic E-state index is 0.0528. The topological polar surface area (TPSA) is 55.8 Å². The number of ketones is 1. The number of carbonyl (C=O) groups excluding carboxylic acids is 1. The molecular formula is C22H34O4. The molecule has 5 aliphatic carbocycles. The molecule has 0 radical (unpaired) electrons. The molecule has 3 unspecified atom stereocenters. The maximum Gasteiger partial charge on any atom is 0.133 e. The van der Waals surface area contributed by atoms with Crippen molar-refractivity contribution in [2.45, 2.75) is 84.7 Å². The van der Waals surface area contributed by atoms with Gasteiger partial charge in [0.1, 0.15) is 5.78 Å². The van der Waals surface area contributed by atoms with Gasteiger partial charge in [-0.05, 0) is 105 Å². The smallest absolute Gasteiger partial charge is 0.133 e. The van der Waals surface area contributed by atoms with Crippen molar-refractivity contribution in [3.8, 4) is 0 Å². The normalized spacial score (nSPS) is 57.5. The zero-order valence-electron chi connectivity index (χ0n) is 16.5. The molecule has 5 aliphatic rings. The Kier molecular flexibility index (Phi) is 3.76. The summed E-state index contributed by atoms with van der Waals surface area (Å²) < 4.78 is 0. The van der Waals surface area contributed by atoms with Crippen molar-refractivity contribution in [2.24, 2.45) is 45.8 Å². The maximum atomic E-state index is 12.3. The van der Waals surface area contributed by atoms with Crippen LogP contribution >= 0.6 is 0 Å². The van der Waals surface area contributed by atoms with E-state index >= 15 is 0 Å². The van der Waals surface area contributed by atoms with Gasteiger partial charge < -0.3 is 0 Å². The lowest BCUT2D eigenvalue weighted by molar-refractivity contribution is -0.510. The number of Topliss-reactive ketones (excluding diaryl/α,β-unsaturated/α-hetero) is 1. The molecule has 0 aromatic carbocycles. The van der Waals surface area contributed by atoms with Crippen molar-refractivity contribution in [2.75, 3.05) is 0 Å². The molecule has 1 N–H and O–H groups in total. The quantitative estimate of drug-likeness (QED) is 0.565. The van der Waals surface area contributed by atoms with Crippen LogP contribution in [0.25, 0.3) is 0 Å². The van der Waals surface area contributed by atoms with E-state index in [1.165, 1.54) is 38.5 Å². The number of hydrogen-bond donors (Lipinski definition) is 1. The van der Waals surface area contributed by atoms with E-state index in [-0.39, 0.29) is 11.5 Å². The Morgan fingerprint density at radius 1 is 1.04 bits per heavy atom. The van der Waals surface area contributed by atoms with Crippen molar-refractivity contribution in [1.82, 2.24) is 0 Å². The van der Waals surface area contributed by atoms with Crippen molar-refractivity contribution < 1.29 is 20.0 Å². The van der Waals surface area contributed by atoms with Crippen molar-refractivity contribution in [1.29, 1.82) is 0 Å². The largest absolute Gasteiger partial charge is 0.300 e. The Morgan fingerprint density at radius 3 is 2.58 bits per heavy atom. The minimum absolute atomic E-state index is 0.0528. The van der Waals surface area contributed by atoms with Crippen LogP contribution in [0.15, 0.2) is 0 Å². The standard InChI is InChI=1S/C22H34O4/c1-13(23)17-4-5-18-16-10-14-11-22(14)12-15(25-26-24)6-9-21(22,3)19(16)7-8-20(17,18)2/h14-19,24H,4-12H2,1-3H3/t14-,15+,16?,17-,18?,19?,20-,21-,22-/m1/s1. The minimum Gasteiger partial charge on any atom is -0.300 e. The molecule has 5 saturated carbocycles. The van der Waals surface area contributed by atoms with Crippen molar-refractivity contribution in [3.05, 3.63) is 0 Å². The fourth-order valence-electron chi connectivity index (χ4n) is 9.19. The first-order valence-corrected chi connectivity index (χ1v) is 10.8. The van der Waals surface area contributed by atoms with Gasteiger partial charge in [0.2, 0.25) is 0 Å². The molecule has 0 aliphatic heterocycles. The zero-order valence-corrected chi connectivity index (χ0v) is 16.5. The maximum absolute atomic E-state index is 12.3. The summed E-state index contributed by atoms with van der Waals surface area (Å²) in [6.45, 7) is 6.83. The average Bonchev–Trinajstić information content (AvgIpc) is 3.16. The second-order valence-electron chi connectivity index (χ2n) is 10.9. The van der Waals surface area contributed by atoms with Crippen LogP contribution in [0, 0.1) is 45.8 Å². The van der Waals surface area contributed by atoms with Crippen LogP contribution in [0.4, 0.5) is 0 Å². The van der Waals surface area contributed by atoms with E-state index in [1.54, 1.807) is 0 Å². The van der Waals surface area contributed by atoms with E-state index in [1.807, 2.05) is 6.92 Å². The number of carbonyl (C=O) groups is 1. The fourth-order valence-corrected chi connectivity index (χ4v) is 9.19. The van der Waals surface area contributed by atoms with Gasteiger partial charge in [-0.1, -0.05) is 18.9 Å². The molecule has 0 bridgehead atoms. The molecular weight excluding hydrogens is 328 g/mol. The van der Waals surface area contributed by atoms with Crippen LogP contribution in [-0.2, 0) is 14.7 Å². The molecule has 26 heavy (non-hydrogen) atoms. The molecule has 146 valence electrons. The molecule has 0 saturated heterocycles. The summed E-state index contributed by atoms with van der Waals surface area (Å²) in [6.07, 6.45) is 10.9. The van der Waals surface area contributed by atoms with Crippen LogP contribution in [-0.4, -0.2) is 17.1 Å². The summed E-state index contributed by atoms with van der Waals surface area (Å²) in [5.74, 6) is 3.92. The van der Waals surface area contributed by atoms with E-state index in [2.05, 4.69) is 18.9 Å². The van der Waals surface area contributed by atoms with Crippen LogP contribution in [0.5, 0.6) is 0 Å². The molecule has 5 fully saturated rings. The molecule has 4 heteroatoms. The Labute approximate surface area is 156 Å². The zero-order chi connectivity index (χ0) is 18.3. The van der Waals surface area contributed by atoms with Crippen LogP contribution in [0.2, 0.25) is 0 Å². The number of hydrogen-bond acceptors (Lipinski definition) is 4. The van der Waals surface area contributed by atoms with Crippen LogP contribution < -0.4 is 0 Å². The van der Waals surface area contributed by atoms with E-state index in [9.17, 15) is 4.79 Å². The first kappa shape index (κ1) is 17.6. The van der Waals surface area contributed by atoms with Crippen LogP contribution in [0.1, 0.15) is 78.6 Å². The highest BCUT2D eigenvalue weighted by Gasteiger charge is 2.74. The van der Waals surface area contributed by atoms with E-state index in [0.29, 0.717) is 22.5 Å². The average molecular weight is 363 g/mol. The Morgan fingerprint density at radius 2 is 1.85 bits per heavy atom. The lowest BCUT2D eigenvalue weighted by Gasteiger charge is -2.61. The van der Waals surface area contributed by atoms with Gasteiger partial charge in [-0.25, -0.2) is 10.1 Å². The molecule has 0 heterocycles. The summed E-state index contributed by atoms with van der Waals surface area (Å²) >= 11 is 0. The molecule has 1 spiro atoms. The molecule has 9 atom stereocenters. The monoisotopic (exact) mass is 362 g/mol. The molecule has 0 aromatic rings. The second kappa shape index (κ2) is 5.55. The first-order chi connectivity index (χ1) is 12.4. The van der Waals surface area contributed by atoms with Crippen molar-refractivity contribution in [3.63, 3.8) is 0 Å². The Balaban J connectivity index is 1.44. The molecule has 5 rings (SSSR count). The lowest BCUT2D eigenvalue weighted by Crippen LogP contribution is -2.55. The van der Waals surface area contributed by atoms with Gasteiger partial charge in [0.05, 0.1) is 6.10 Å². The third kappa shape index (κ3) is 2.04. The highest BCUT2D eigenvalue weighted by atomic mass is 17.5. The van der Waals surface area contributed by atoms with E-state index < -0.39 is 0 Å². The predicted molar refractivity (Wildman–Crippen MR) is 96.9 cm³/mol. The Hall–Kier alpha value is -0.450. The predicted octanol–water partition coefficient (Wildman–Crippen LogP) is 5.02. The summed E-state index contributed by atoms with van der Waals surface area (Å²) in [7, 11) is 0.